The molecule has 1 aromatic carbocycles. The Bertz CT molecular complexity index is 390. The largest absolute Gasteiger partial charge is 0.496 e. The lowest BCUT2D eigenvalue weighted by Crippen LogP contribution is -2.13. The molecule has 0 N–H and O–H groups in total. The number of fused-ring (bicyclic) bond motifs is 1. The Morgan fingerprint density at radius 1 is 1.43 bits per heavy atom. The van der Waals surface area contributed by atoms with Gasteiger partial charge in [0.25, 0.3) is 0 Å². The topological polar surface area (TPSA) is 26.3 Å². The van der Waals surface area contributed by atoms with Crippen molar-refractivity contribution in [3.8, 4) is 5.75 Å². The van der Waals surface area contributed by atoms with Crippen molar-refractivity contribution in [1.82, 2.24) is 0 Å². The highest BCUT2D eigenvalue weighted by molar-refractivity contribution is 9.10. The van der Waals surface area contributed by atoms with Gasteiger partial charge >= 0.3 is 0 Å². The predicted octanol–water partition coefficient (Wildman–Crippen LogP) is 2.89. The van der Waals surface area contributed by atoms with Crippen LogP contribution in [0.3, 0.4) is 0 Å². The number of ketones is 1. The average Bonchev–Trinajstić information content (AvgIpc) is 2.18. The second-order valence-electron chi connectivity index (χ2n) is 3.02. The molecule has 2 nitrogen and oxygen atoms in total. The first-order chi connectivity index (χ1) is 6.74. The maximum atomic E-state index is 11.7. The highest BCUT2D eigenvalue weighted by Gasteiger charge is 2.23. The third-order valence-corrected chi connectivity index (χ3v) is 3.82. The van der Waals surface area contributed by atoms with Crippen LogP contribution in [0.2, 0.25) is 0 Å². The number of carbonyl (C=O) groups is 1. The fraction of sp³-hybridized carbons (Fsp3) is 0.300. The average molecular weight is 273 g/mol. The lowest BCUT2D eigenvalue weighted by atomic mass is 10.0. The molecule has 1 heterocycles. The molecule has 0 atom stereocenters. The van der Waals surface area contributed by atoms with Crippen molar-refractivity contribution >= 4 is 33.5 Å². The Balaban J connectivity index is 2.63. The number of rotatable bonds is 1. The van der Waals surface area contributed by atoms with Crippen LogP contribution < -0.4 is 4.74 Å². The van der Waals surface area contributed by atoms with Crippen molar-refractivity contribution in [1.29, 1.82) is 0 Å². The molecule has 1 aliphatic rings. The summed E-state index contributed by atoms with van der Waals surface area (Å²) in [6.07, 6.45) is 0. The number of benzene rings is 1. The van der Waals surface area contributed by atoms with Crippen LogP contribution in [0, 0.1) is 0 Å². The summed E-state index contributed by atoms with van der Waals surface area (Å²) >= 11 is 5.03. The van der Waals surface area contributed by atoms with Gasteiger partial charge in [0.2, 0.25) is 0 Å². The van der Waals surface area contributed by atoms with Crippen molar-refractivity contribution < 1.29 is 9.53 Å². The molecule has 0 saturated heterocycles. The van der Waals surface area contributed by atoms with Gasteiger partial charge in [-0.1, -0.05) is 15.9 Å². The summed E-state index contributed by atoms with van der Waals surface area (Å²) in [5.74, 6) is 2.41. The van der Waals surface area contributed by atoms with Gasteiger partial charge in [-0.05, 0) is 12.1 Å². The molecule has 0 amide bonds. The quantitative estimate of drug-likeness (QED) is 0.787. The molecule has 74 valence electrons. The minimum atomic E-state index is 0.182. The van der Waals surface area contributed by atoms with Crippen LogP contribution in [0.15, 0.2) is 16.6 Å². The first-order valence-corrected chi connectivity index (χ1v) is 6.15. The van der Waals surface area contributed by atoms with Gasteiger partial charge in [-0.2, -0.15) is 0 Å². The van der Waals surface area contributed by atoms with Crippen LogP contribution >= 0.6 is 27.7 Å². The maximum Gasteiger partial charge on any atom is 0.174 e. The SMILES string of the molecule is COc1ccc(Br)c2c1CSCC2=O. The Morgan fingerprint density at radius 3 is 2.93 bits per heavy atom. The molecule has 4 heteroatoms. The third-order valence-electron chi connectivity index (χ3n) is 2.20. The summed E-state index contributed by atoms with van der Waals surface area (Å²) in [6, 6.07) is 3.76. The number of hydrogen-bond acceptors (Lipinski definition) is 3. The molecule has 0 fully saturated rings. The second kappa shape index (κ2) is 3.95. The summed E-state index contributed by atoms with van der Waals surface area (Å²) in [5, 5.41) is 0. The van der Waals surface area contributed by atoms with Gasteiger partial charge in [0.05, 0.1) is 12.9 Å². The van der Waals surface area contributed by atoms with Crippen LogP contribution in [0.1, 0.15) is 15.9 Å². The number of ether oxygens (including phenoxy) is 1. The van der Waals surface area contributed by atoms with Crippen LogP contribution in [0.4, 0.5) is 0 Å². The molecule has 0 aliphatic carbocycles. The number of halogens is 1. The summed E-state index contributed by atoms with van der Waals surface area (Å²) in [4.78, 5) is 11.7. The molecule has 0 saturated carbocycles. The van der Waals surface area contributed by atoms with E-state index in [0.29, 0.717) is 5.75 Å². The number of hydrogen-bond donors (Lipinski definition) is 0. The number of methoxy groups -OCH3 is 1. The third kappa shape index (κ3) is 1.57. The minimum Gasteiger partial charge on any atom is -0.496 e. The molecule has 1 aliphatic heterocycles. The standard InChI is InChI=1S/C10H9BrO2S/c1-13-9-3-2-7(11)10-6(9)4-14-5-8(10)12/h2-3H,4-5H2,1H3. The first kappa shape index (κ1) is 10.1. The second-order valence-corrected chi connectivity index (χ2v) is 4.86. The smallest absolute Gasteiger partial charge is 0.174 e. The minimum absolute atomic E-state index is 0.182. The molecule has 0 aromatic heterocycles. The fourth-order valence-electron chi connectivity index (χ4n) is 1.55. The van der Waals surface area contributed by atoms with Gasteiger partial charge in [-0.25, -0.2) is 0 Å². The van der Waals surface area contributed by atoms with Gasteiger partial charge in [0, 0.05) is 21.4 Å². The van der Waals surface area contributed by atoms with Crippen LogP contribution in [0.5, 0.6) is 5.75 Å². The molecule has 14 heavy (non-hydrogen) atoms. The van der Waals surface area contributed by atoms with E-state index in [1.807, 2.05) is 12.1 Å². The first-order valence-electron chi connectivity index (χ1n) is 4.20. The number of thioether (sulfide) groups is 1. The van der Waals surface area contributed by atoms with E-state index < -0.39 is 0 Å². The van der Waals surface area contributed by atoms with Gasteiger partial charge in [0.1, 0.15) is 5.75 Å². The van der Waals surface area contributed by atoms with E-state index in [2.05, 4.69) is 15.9 Å². The van der Waals surface area contributed by atoms with E-state index >= 15 is 0 Å². The van der Waals surface area contributed by atoms with Crippen molar-refractivity contribution in [2.24, 2.45) is 0 Å². The number of carbonyl (C=O) groups excluding carboxylic acids is 1. The Morgan fingerprint density at radius 2 is 2.21 bits per heavy atom. The van der Waals surface area contributed by atoms with Crippen molar-refractivity contribution in [3.63, 3.8) is 0 Å². The lowest BCUT2D eigenvalue weighted by molar-refractivity contribution is 0.101. The highest BCUT2D eigenvalue weighted by atomic mass is 79.9. The summed E-state index contributed by atoms with van der Waals surface area (Å²) < 4.78 is 6.10. The maximum absolute atomic E-state index is 11.7. The molecule has 2 rings (SSSR count). The Labute approximate surface area is 95.2 Å². The molecule has 0 bridgehead atoms. The highest BCUT2D eigenvalue weighted by Crippen LogP contribution is 2.36. The van der Waals surface area contributed by atoms with Crippen LogP contribution in [-0.2, 0) is 5.75 Å². The van der Waals surface area contributed by atoms with Gasteiger partial charge in [-0.3, -0.25) is 4.79 Å². The monoisotopic (exact) mass is 272 g/mol. The van der Waals surface area contributed by atoms with E-state index in [1.165, 1.54) is 0 Å². The molecular weight excluding hydrogens is 264 g/mol. The molecular formula is C10H9BrO2S. The normalized spacial score (nSPS) is 15.1. The van der Waals surface area contributed by atoms with Gasteiger partial charge in [0.15, 0.2) is 5.78 Å². The Hall–Kier alpha value is -0.480. The number of Topliss-reactive ketones (excluding diaryl/α,β-unsaturated/α-hetero) is 1. The van der Waals surface area contributed by atoms with E-state index in [1.54, 1.807) is 18.9 Å². The molecule has 1 aromatic rings. The predicted molar refractivity (Wildman–Crippen MR) is 61.2 cm³/mol. The van der Waals surface area contributed by atoms with Crippen LogP contribution in [-0.4, -0.2) is 18.6 Å². The van der Waals surface area contributed by atoms with Crippen LogP contribution in [0.25, 0.3) is 0 Å². The van der Waals surface area contributed by atoms with Crippen molar-refractivity contribution in [2.75, 3.05) is 12.9 Å². The summed E-state index contributed by atoms with van der Waals surface area (Å²) in [5.41, 5.74) is 1.81. The lowest BCUT2D eigenvalue weighted by Gasteiger charge is -2.18. The van der Waals surface area contributed by atoms with E-state index in [0.717, 1.165) is 27.1 Å². The fourth-order valence-corrected chi connectivity index (χ4v) is 3.07. The van der Waals surface area contributed by atoms with Crippen molar-refractivity contribution in [3.05, 3.63) is 27.7 Å². The van der Waals surface area contributed by atoms with E-state index in [4.69, 9.17) is 4.74 Å². The zero-order valence-corrected chi connectivity index (χ0v) is 10.1. The molecule has 0 radical (unpaired) electrons. The Kier molecular flexibility index (Phi) is 2.83. The van der Waals surface area contributed by atoms with E-state index in [-0.39, 0.29) is 5.78 Å². The summed E-state index contributed by atoms with van der Waals surface area (Å²) in [6.45, 7) is 0. The molecule has 0 spiro atoms. The van der Waals surface area contributed by atoms with E-state index in [9.17, 15) is 4.79 Å². The van der Waals surface area contributed by atoms with Crippen molar-refractivity contribution in [2.45, 2.75) is 5.75 Å². The zero-order valence-electron chi connectivity index (χ0n) is 7.67. The zero-order chi connectivity index (χ0) is 10.1. The van der Waals surface area contributed by atoms with Gasteiger partial charge < -0.3 is 4.74 Å². The molecule has 0 unspecified atom stereocenters. The summed E-state index contributed by atoms with van der Waals surface area (Å²) in [7, 11) is 1.63. The van der Waals surface area contributed by atoms with Gasteiger partial charge in [-0.15, -0.1) is 11.8 Å².